The SMILES string of the molecule is [B]C([B])([B])N1c2cc(Cl)nc(=O)n2CC1(C)C. The van der Waals surface area contributed by atoms with Gasteiger partial charge in [0.2, 0.25) is 0 Å². The molecule has 8 heteroatoms. The van der Waals surface area contributed by atoms with Crippen molar-refractivity contribution in [3.05, 3.63) is 21.7 Å². The van der Waals surface area contributed by atoms with Gasteiger partial charge in [0.05, 0.1) is 35.6 Å². The van der Waals surface area contributed by atoms with Crippen LogP contribution in [0.15, 0.2) is 10.9 Å². The maximum atomic E-state index is 11.7. The molecule has 82 valence electrons. The monoisotopic (exact) mass is 243 g/mol. The summed E-state index contributed by atoms with van der Waals surface area (Å²) in [5.41, 5.74) is -0.927. The molecular weight excluding hydrogens is 234 g/mol. The summed E-state index contributed by atoms with van der Waals surface area (Å²) >= 11 is 5.76. The molecule has 4 nitrogen and oxygen atoms in total. The van der Waals surface area contributed by atoms with Crippen LogP contribution in [0, 0.1) is 0 Å². The first-order chi connectivity index (χ1) is 7.63. The summed E-state index contributed by atoms with van der Waals surface area (Å²) in [5.74, 6) is 0.479. The first kappa shape index (κ1) is 12.6. The van der Waals surface area contributed by atoms with E-state index in [2.05, 4.69) is 4.98 Å². The minimum atomic E-state index is -1.57. The predicted molar refractivity (Wildman–Crippen MR) is 70.1 cm³/mol. The van der Waals surface area contributed by atoms with Gasteiger partial charge in [0, 0.05) is 6.07 Å². The molecule has 17 heavy (non-hydrogen) atoms. The molecule has 0 saturated carbocycles. The number of aromatic nitrogens is 2. The van der Waals surface area contributed by atoms with Gasteiger partial charge in [-0.05, 0) is 13.8 Å². The van der Waals surface area contributed by atoms with E-state index in [0.29, 0.717) is 12.4 Å². The zero-order chi connectivity index (χ0) is 13.0. The summed E-state index contributed by atoms with van der Waals surface area (Å²) in [6, 6.07) is 1.53. The maximum absolute atomic E-state index is 11.7. The van der Waals surface area contributed by atoms with E-state index in [0.717, 1.165) is 0 Å². The number of hydrogen-bond donors (Lipinski definition) is 0. The van der Waals surface area contributed by atoms with Gasteiger partial charge < -0.3 is 4.90 Å². The Morgan fingerprint density at radius 2 is 2.06 bits per heavy atom. The van der Waals surface area contributed by atoms with Gasteiger partial charge in [-0.15, -0.1) is 0 Å². The summed E-state index contributed by atoms with van der Waals surface area (Å²) in [7, 11) is 17.2. The Morgan fingerprint density at radius 3 is 2.59 bits per heavy atom. The second-order valence-electron chi connectivity index (χ2n) is 4.84. The Bertz CT molecular complexity index is 523. The largest absolute Gasteiger partial charge is 0.371 e. The topological polar surface area (TPSA) is 38.1 Å². The number of halogens is 1. The Hall–Kier alpha value is -0.835. The van der Waals surface area contributed by atoms with Gasteiger partial charge in [-0.3, -0.25) is 4.57 Å². The fourth-order valence-electron chi connectivity index (χ4n) is 2.29. The van der Waals surface area contributed by atoms with Gasteiger partial charge in [-0.2, -0.15) is 4.98 Å². The van der Waals surface area contributed by atoms with E-state index in [9.17, 15) is 4.79 Å². The van der Waals surface area contributed by atoms with E-state index in [-0.39, 0.29) is 5.15 Å². The van der Waals surface area contributed by atoms with Gasteiger partial charge in [0.25, 0.3) is 0 Å². The van der Waals surface area contributed by atoms with Gasteiger partial charge in [-0.1, -0.05) is 16.8 Å². The molecule has 1 aliphatic heterocycles. The van der Waals surface area contributed by atoms with Crippen LogP contribution in [0.3, 0.4) is 0 Å². The third-order valence-corrected chi connectivity index (χ3v) is 2.92. The normalized spacial score (nSPS) is 18.2. The first-order valence-corrected chi connectivity index (χ1v) is 5.45. The highest BCUT2D eigenvalue weighted by atomic mass is 35.5. The molecule has 0 N–H and O–H groups in total. The van der Waals surface area contributed by atoms with Crippen molar-refractivity contribution in [2.45, 2.75) is 31.2 Å². The average molecular weight is 243 g/mol. The van der Waals surface area contributed by atoms with Gasteiger partial charge in [0.1, 0.15) is 11.0 Å². The summed E-state index contributed by atoms with van der Waals surface area (Å²) < 4.78 is 1.45. The lowest BCUT2D eigenvalue weighted by molar-refractivity contribution is 0.448. The number of fused-ring (bicyclic) bond motifs is 1. The second-order valence-corrected chi connectivity index (χ2v) is 5.23. The molecule has 0 bridgehead atoms. The molecule has 0 atom stereocenters. The summed E-state index contributed by atoms with van der Waals surface area (Å²) in [5, 5.41) is -1.48. The molecule has 1 aliphatic rings. The summed E-state index contributed by atoms with van der Waals surface area (Å²) in [4.78, 5) is 16.9. The fraction of sp³-hybridized carbons (Fsp3) is 0.556. The molecule has 0 unspecified atom stereocenters. The van der Waals surface area contributed by atoms with Gasteiger partial charge in [0.15, 0.2) is 0 Å². The number of hydrogen-bond acceptors (Lipinski definition) is 3. The minimum Gasteiger partial charge on any atom is -0.371 e. The van der Waals surface area contributed by atoms with Gasteiger partial charge in [-0.25, -0.2) is 4.79 Å². The molecule has 0 amide bonds. The summed E-state index contributed by atoms with van der Waals surface area (Å²) in [6.45, 7) is 4.17. The van der Waals surface area contributed by atoms with E-state index in [1.54, 1.807) is 4.90 Å². The standard InChI is InChI=1S/C9H9B3ClN3O/c1-8(2)4-15-6(16(8)9(10,11)12)3-5(13)14-7(15)17/h3H,4H2,1-2H3. The van der Waals surface area contributed by atoms with Crippen molar-refractivity contribution in [1.29, 1.82) is 0 Å². The quantitative estimate of drug-likeness (QED) is 0.498. The molecule has 6 radical (unpaired) electrons. The molecule has 1 aromatic rings. The minimum absolute atomic E-state index is 0.0909. The van der Waals surface area contributed by atoms with Crippen molar-refractivity contribution >= 4 is 41.0 Å². The predicted octanol–water partition coefficient (Wildman–Crippen LogP) is -0.388. The molecule has 2 heterocycles. The fourth-order valence-corrected chi connectivity index (χ4v) is 2.46. The Balaban J connectivity index is 2.68. The zero-order valence-corrected chi connectivity index (χ0v) is 10.4. The van der Waals surface area contributed by atoms with Crippen LogP contribution in [0.2, 0.25) is 5.15 Å². The van der Waals surface area contributed by atoms with Crippen molar-refractivity contribution in [3.8, 4) is 0 Å². The maximum Gasteiger partial charge on any atom is 0.350 e. The molecule has 0 saturated heterocycles. The lowest BCUT2D eigenvalue weighted by Crippen LogP contribution is -2.58. The van der Waals surface area contributed by atoms with Gasteiger partial charge >= 0.3 is 5.69 Å². The molecular formula is C9H9B3ClN3O. The third kappa shape index (κ3) is 2.01. The van der Waals surface area contributed by atoms with E-state index in [1.165, 1.54) is 10.6 Å². The van der Waals surface area contributed by atoms with Crippen LogP contribution in [-0.4, -0.2) is 43.9 Å². The zero-order valence-electron chi connectivity index (χ0n) is 9.64. The van der Waals surface area contributed by atoms with Crippen molar-refractivity contribution < 1.29 is 0 Å². The highest BCUT2D eigenvalue weighted by Crippen LogP contribution is 2.35. The Kier molecular flexibility index (Phi) is 2.65. The van der Waals surface area contributed by atoms with Crippen molar-refractivity contribution in [2.75, 3.05) is 4.90 Å². The molecule has 1 aromatic heterocycles. The van der Waals surface area contributed by atoms with E-state index in [1.807, 2.05) is 13.8 Å². The third-order valence-electron chi connectivity index (χ3n) is 2.72. The molecule has 0 fully saturated rings. The second kappa shape index (κ2) is 3.58. The van der Waals surface area contributed by atoms with Crippen LogP contribution < -0.4 is 10.6 Å². The molecule has 0 aromatic carbocycles. The Labute approximate surface area is 109 Å². The van der Waals surface area contributed by atoms with E-state index in [4.69, 9.17) is 35.1 Å². The average Bonchev–Trinajstić information content (AvgIpc) is 2.34. The highest BCUT2D eigenvalue weighted by molar-refractivity contribution is 6.61. The number of rotatable bonds is 1. The van der Waals surface area contributed by atoms with Crippen molar-refractivity contribution in [3.63, 3.8) is 0 Å². The molecule has 2 rings (SSSR count). The van der Waals surface area contributed by atoms with Crippen LogP contribution in [-0.2, 0) is 6.54 Å². The number of anilines is 1. The smallest absolute Gasteiger partial charge is 0.350 e. The number of nitrogens with zero attached hydrogens (tertiary/aromatic N) is 3. The molecule has 0 aliphatic carbocycles. The van der Waals surface area contributed by atoms with Crippen LogP contribution in [0.4, 0.5) is 5.82 Å². The van der Waals surface area contributed by atoms with Crippen LogP contribution in [0.1, 0.15) is 13.8 Å². The van der Waals surface area contributed by atoms with Crippen LogP contribution in [0.25, 0.3) is 0 Å². The lowest BCUT2D eigenvalue weighted by atomic mass is 9.47. The highest BCUT2D eigenvalue weighted by Gasteiger charge is 2.41. The van der Waals surface area contributed by atoms with Crippen molar-refractivity contribution in [1.82, 2.24) is 9.55 Å². The van der Waals surface area contributed by atoms with Crippen LogP contribution >= 0.6 is 11.6 Å². The first-order valence-electron chi connectivity index (χ1n) is 5.07. The van der Waals surface area contributed by atoms with Crippen LogP contribution in [0.5, 0.6) is 0 Å². The van der Waals surface area contributed by atoms with E-state index >= 15 is 0 Å². The summed E-state index contributed by atoms with van der Waals surface area (Å²) in [6.07, 6.45) is 0. The lowest BCUT2D eigenvalue weighted by Gasteiger charge is -2.45. The molecule has 0 spiro atoms. The Morgan fingerprint density at radius 1 is 1.47 bits per heavy atom. The van der Waals surface area contributed by atoms with E-state index < -0.39 is 16.5 Å². The van der Waals surface area contributed by atoms with Crippen molar-refractivity contribution in [2.24, 2.45) is 0 Å².